The van der Waals surface area contributed by atoms with Crippen LogP contribution in [0.2, 0.25) is 0 Å². The van der Waals surface area contributed by atoms with E-state index in [1.807, 2.05) is 39.8 Å². The van der Waals surface area contributed by atoms with Gasteiger partial charge in [-0.15, -0.1) is 0 Å². The van der Waals surface area contributed by atoms with Crippen molar-refractivity contribution in [2.45, 2.75) is 18.9 Å². The predicted octanol–water partition coefficient (Wildman–Crippen LogP) is 2.73. The first kappa shape index (κ1) is 16.5. The van der Waals surface area contributed by atoms with E-state index in [2.05, 4.69) is 9.97 Å². The highest BCUT2D eigenvalue weighted by Gasteiger charge is 2.31. The van der Waals surface area contributed by atoms with Gasteiger partial charge in [0.1, 0.15) is 0 Å². The zero-order valence-corrected chi connectivity index (χ0v) is 15.0. The standard InChI is InChI=1S/C19H18N6O3/c26-19-20-14-5-1-2-6-15(14)24(19)13-8-11-22(12-9-13)17-18(25(27)28)23-10-4-3-7-16(23)21-17/h1-7,10,13H,8-9,11-12H2,(H,20,26). The van der Waals surface area contributed by atoms with E-state index in [1.165, 1.54) is 4.40 Å². The fourth-order valence-corrected chi connectivity index (χ4v) is 4.12. The molecule has 1 aliphatic heterocycles. The first-order valence-corrected chi connectivity index (χ1v) is 9.19. The van der Waals surface area contributed by atoms with Gasteiger partial charge in [-0.2, -0.15) is 9.38 Å². The third kappa shape index (κ3) is 2.47. The number of pyridine rings is 1. The molecule has 5 rings (SSSR count). The van der Waals surface area contributed by atoms with Crippen LogP contribution in [0, 0.1) is 10.1 Å². The normalized spacial score (nSPS) is 15.5. The SMILES string of the molecule is O=c1[nH]c2ccccc2n1C1CCN(c2nc3ccccn3c2[N+](=O)[O-])CC1. The maximum Gasteiger partial charge on any atom is 0.372 e. The Morgan fingerprint density at radius 3 is 2.64 bits per heavy atom. The molecule has 0 radical (unpaired) electrons. The van der Waals surface area contributed by atoms with E-state index in [0.29, 0.717) is 37.4 Å². The average Bonchev–Trinajstić information content (AvgIpc) is 3.25. The van der Waals surface area contributed by atoms with E-state index in [-0.39, 0.29) is 22.5 Å². The van der Waals surface area contributed by atoms with Crippen LogP contribution >= 0.6 is 0 Å². The number of H-pyrrole nitrogens is 1. The summed E-state index contributed by atoms with van der Waals surface area (Å²) < 4.78 is 3.32. The lowest BCUT2D eigenvalue weighted by atomic mass is 10.0. The summed E-state index contributed by atoms with van der Waals surface area (Å²) in [6, 6.07) is 13.0. The van der Waals surface area contributed by atoms with E-state index >= 15 is 0 Å². The Morgan fingerprint density at radius 1 is 1.11 bits per heavy atom. The van der Waals surface area contributed by atoms with Crippen molar-refractivity contribution < 1.29 is 4.92 Å². The highest BCUT2D eigenvalue weighted by molar-refractivity contribution is 5.75. The van der Waals surface area contributed by atoms with Crippen molar-refractivity contribution in [1.29, 1.82) is 0 Å². The summed E-state index contributed by atoms with van der Waals surface area (Å²) in [7, 11) is 0. The third-order valence-corrected chi connectivity index (χ3v) is 5.41. The molecule has 3 aromatic heterocycles. The van der Waals surface area contributed by atoms with E-state index < -0.39 is 0 Å². The van der Waals surface area contributed by atoms with Crippen LogP contribution in [-0.2, 0) is 0 Å². The van der Waals surface area contributed by atoms with Crippen LogP contribution in [0.15, 0.2) is 53.5 Å². The van der Waals surface area contributed by atoms with Crippen molar-refractivity contribution in [3.8, 4) is 0 Å². The monoisotopic (exact) mass is 378 g/mol. The summed E-state index contributed by atoms with van der Waals surface area (Å²) >= 11 is 0. The Bertz CT molecular complexity index is 1250. The molecule has 0 saturated carbocycles. The molecule has 1 aromatic carbocycles. The highest BCUT2D eigenvalue weighted by atomic mass is 16.6. The van der Waals surface area contributed by atoms with Crippen molar-refractivity contribution in [1.82, 2.24) is 18.9 Å². The largest absolute Gasteiger partial charge is 0.372 e. The lowest BCUT2D eigenvalue weighted by Crippen LogP contribution is -2.37. The lowest BCUT2D eigenvalue weighted by molar-refractivity contribution is -0.389. The van der Waals surface area contributed by atoms with E-state index in [1.54, 1.807) is 18.3 Å². The van der Waals surface area contributed by atoms with E-state index in [4.69, 9.17) is 0 Å². The second-order valence-corrected chi connectivity index (χ2v) is 6.98. The molecule has 9 heteroatoms. The highest BCUT2D eigenvalue weighted by Crippen LogP contribution is 2.33. The molecule has 142 valence electrons. The molecule has 1 aliphatic rings. The molecule has 1 fully saturated rings. The number of para-hydroxylation sites is 2. The number of anilines is 1. The van der Waals surface area contributed by atoms with Crippen molar-refractivity contribution in [2.75, 3.05) is 18.0 Å². The zero-order chi connectivity index (χ0) is 19.3. The minimum atomic E-state index is -0.383. The minimum absolute atomic E-state index is 0.0155. The molecule has 0 atom stereocenters. The molecule has 28 heavy (non-hydrogen) atoms. The van der Waals surface area contributed by atoms with Crippen molar-refractivity contribution in [2.24, 2.45) is 0 Å². The molecule has 0 bridgehead atoms. The Hall–Kier alpha value is -3.62. The fraction of sp³-hybridized carbons (Fsp3) is 0.263. The maximum atomic E-state index is 12.4. The Balaban J connectivity index is 1.46. The van der Waals surface area contributed by atoms with Gasteiger partial charge in [0.2, 0.25) is 11.5 Å². The van der Waals surface area contributed by atoms with Gasteiger partial charge in [0, 0.05) is 25.2 Å². The van der Waals surface area contributed by atoms with Gasteiger partial charge in [0.05, 0.1) is 17.2 Å². The summed E-state index contributed by atoms with van der Waals surface area (Å²) in [5.41, 5.74) is 2.16. The van der Waals surface area contributed by atoms with E-state index in [9.17, 15) is 14.9 Å². The molecule has 9 nitrogen and oxygen atoms in total. The van der Waals surface area contributed by atoms with Gasteiger partial charge in [0.15, 0.2) is 0 Å². The summed E-state index contributed by atoms with van der Waals surface area (Å²) in [6.07, 6.45) is 3.09. The van der Waals surface area contributed by atoms with Crippen LogP contribution in [0.25, 0.3) is 16.7 Å². The second kappa shape index (κ2) is 6.22. The van der Waals surface area contributed by atoms with Crippen LogP contribution < -0.4 is 10.6 Å². The van der Waals surface area contributed by atoms with Gasteiger partial charge in [-0.25, -0.2) is 4.79 Å². The number of aromatic amines is 1. The van der Waals surface area contributed by atoms with Crippen LogP contribution in [0.3, 0.4) is 0 Å². The van der Waals surface area contributed by atoms with Gasteiger partial charge in [-0.1, -0.05) is 18.2 Å². The van der Waals surface area contributed by atoms with Crippen LogP contribution in [0.5, 0.6) is 0 Å². The predicted molar refractivity (Wildman–Crippen MR) is 105 cm³/mol. The molecule has 4 aromatic rings. The van der Waals surface area contributed by atoms with Crippen molar-refractivity contribution >= 4 is 28.3 Å². The van der Waals surface area contributed by atoms with E-state index in [0.717, 1.165) is 11.0 Å². The molecule has 1 N–H and O–H groups in total. The number of nitro groups is 1. The Morgan fingerprint density at radius 2 is 1.86 bits per heavy atom. The number of hydrogen-bond donors (Lipinski definition) is 1. The summed E-state index contributed by atoms with van der Waals surface area (Å²) in [5, 5.41) is 11.7. The molecular weight excluding hydrogens is 360 g/mol. The van der Waals surface area contributed by atoms with Crippen LogP contribution in [-0.4, -0.2) is 36.9 Å². The number of piperidine rings is 1. The number of fused-ring (bicyclic) bond motifs is 2. The van der Waals surface area contributed by atoms with Gasteiger partial charge in [-0.05, 0) is 36.0 Å². The summed E-state index contributed by atoms with van der Waals surface area (Å²) in [5.74, 6) is 0.374. The first-order valence-electron chi connectivity index (χ1n) is 9.19. The van der Waals surface area contributed by atoms with Gasteiger partial charge in [-0.3, -0.25) is 4.57 Å². The number of imidazole rings is 2. The number of hydrogen-bond acceptors (Lipinski definition) is 5. The number of rotatable bonds is 3. The lowest BCUT2D eigenvalue weighted by Gasteiger charge is -2.32. The Kier molecular flexibility index (Phi) is 3.68. The Labute approximate surface area is 159 Å². The molecule has 0 spiro atoms. The van der Waals surface area contributed by atoms with Gasteiger partial charge < -0.3 is 20.0 Å². The summed E-state index contributed by atoms with van der Waals surface area (Å²) in [4.78, 5) is 33.0. The van der Waals surface area contributed by atoms with Gasteiger partial charge >= 0.3 is 11.5 Å². The van der Waals surface area contributed by atoms with Gasteiger partial charge in [0.25, 0.3) is 0 Å². The number of nitrogens with zero attached hydrogens (tertiary/aromatic N) is 5. The molecule has 0 amide bonds. The molecular formula is C19H18N6O3. The quantitative estimate of drug-likeness (QED) is 0.436. The third-order valence-electron chi connectivity index (χ3n) is 5.41. The number of nitrogens with one attached hydrogen (secondary N) is 1. The maximum absolute atomic E-state index is 12.4. The van der Waals surface area contributed by atoms with Crippen LogP contribution in [0.1, 0.15) is 18.9 Å². The topological polar surface area (TPSA) is 101 Å². The van der Waals surface area contributed by atoms with Crippen molar-refractivity contribution in [3.63, 3.8) is 0 Å². The van der Waals surface area contributed by atoms with Crippen LogP contribution in [0.4, 0.5) is 11.6 Å². The molecule has 1 saturated heterocycles. The fourth-order valence-electron chi connectivity index (χ4n) is 4.12. The molecule has 0 aliphatic carbocycles. The average molecular weight is 378 g/mol. The smallest absolute Gasteiger partial charge is 0.358 e. The number of aromatic nitrogens is 4. The first-order chi connectivity index (χ1) is 13.6. The zero-order valence-electron chi connectivity index (χ0n) is 15.0. The molecule has 0 unspecified atom stereocenters. The van der Waals surface area contributed by atoms with Crippen molar-refractivity contribution in [3.05, 3.63) is 69.3 Å². The minimum Gasteiger partial charge on any atom is -0.358 e. The second-order valence-electron chi connectivity index (χ2n) is 6.98. The summed E-state index contributed by atoms with van der Waals surface area (Å²) in [6.45, 7) is 1.20. The number of benzene rings is 1. The molecule has 4 heterocycles.